The van der Waals surface area contributed by atoms with Gasteiger partial charge in [-0.3, -0.25) is 0 Å². The summed E-state index contributed by atoms with van der Waals surface area (Å²) in [6.07, 6.45) is 1.56. The molecule has 26 heavy (non-hydrogen) atoms. The highest BCUT2D eigenvalue weighted by Crippen LogP contribution is 2.24. The fourth-order valence-electron chi connectivity index (χ4n) is 2.58. The van der Waals surface area contributed by atoms with Gasteiger partial charge >= 0.3 is 6.03 Å². The minimum Gasteiger partial charge on any atom is -0.508 e. The molecule has 0 aliphatic rings. The molecule has 0 fully saturated rings. The lowest BCUT2D eigenvalue weighted by molar-refractivity contribution is 0.200. The highest BCUT2D eigenvalue weighted by molar-refractivity contribution is 6.31. The van der Waals surface area contributed by atoms with E-state index in [-0.39, 0.29) is 24.9 Å². The molecular formula is C20H19ClN2O3. The van der Waals surface area contributed by atoms with E-state index in [9.17, 15) is 9.90 Å². The number of rotatable bonds is 5. The van der Waals surface area contributed by atoms with E-state index in [4.69, 9.17) is 16.0 Å². The number of amides is 2. The third-order valence-corrected chi connectivity index (χ3v) is 4.49. The maximum absolute atomic E-state index is 12.9. The number of nitrogens with one attached hydrogen (secondary N) is 1. The number of anilines is 1. The van der Waals surface area contributed by atoms with Crippen molar-refractivity contribution in [2.45, 2.75) is 20.0 Å². The molecule has 0 aliphatic carbocycles. The van der Waals surface area contributed by atoms with E-state index in [1.165, 1.54) is 0 Å². The number of benzene rings is 2. The van der Waals surface area contributed by atoms with Gasteiger partial charge in [-0.25, -0.2) is 4.79 Å². The first-order valence-electron chi connectivity index (χ1n) is 8.15. The molecule has 2 aromatic carbocycles. The van der Waals surface area contributed by atoms with E-state index in [0.29, 0.717) is 22.0 Å². The van der Waals surface area contributed by atoms with Gasteiger partial charge in [-0.05, 0) is 42.8 Å². The summed E-state index contributed by atoms with van der Waals surface area (Å²) in [5.41, 5.74) is 2.09. The molecule has 0 unspecified atom stereocenters. The first-order chi connectivity index (χ1) is 12.5. The summed E-state index contributed by atoms with van der Waals surface area (Å²) >= 11 is 6.13. The molecule has 6 heteroatoms. The van der Waals surface area contributed by atoms with E-state index in [0.717, 1.165) is 5.56 Å². The number of hydrogen-bond acceptors (Lipinski definition) is 3. The van der Waals surface area contributed by atoms with Gasteiger partial charge in [0.2, 0.25) is 0 Å². The molecule has 0 spiro atoms. The molecule has 134 valence electrons. The SMILES string of the molecule is Cc1c(Cl)cccc1NC(=O)N(Cc1ccco1)Cc1ccccc1O. The van der Waals surface area contributed by atoms with Crippen LogP contribution in [0.2, 0.25) is 5.02 Å². The van der Waals surface area contributed by atoms with Gasteiger partial charge in [-0.15, -0.1) is 0 Å². The van der Waals surface area contributed by atoms with Gasteiger partial charge in [-0.1, -0.05) is 35.9 Å². The van der Waals surface area contributed by atoms with E-state index < -0.39 is 0 Å². The monoisotopic (exact) mass is 370 g/mol. The molecule has 5 nitrogen and oxygen atoms in total. The highest BCUT2D eigenvalue weighted by Gasteiger charge is 2.18. The zero-order valence-electron chi connectivity index (χ0n) is 14.3. The van der Waals surface area contributed by atoms with Crippen LogP contribution in [0.15, 0.2) is 65.3 Å². The summed E-state index contributed by atoms with van der Waals surface area (Å²) < 4.78 is 5.37. The summed E-state index contributed by atoms with van der Waals surface area (Å²) in [6, 6.07) is 15.5. The van der Waals surface area contributed by atoms with Crippen LogP contribution >= 0.6 is 11.6 Å². The number of phenols is 1. The molecule has 0 saturated heterocycles. The lowest BCUT2D eigenvalue weighted by Crippen LogP contribution is -2.34. The molecular weight excluding hydrogens is 352 g/mol. The molecule has 2 N–H and O–H groups in total. The van der Waals surface area contributed by atoms with Crippen LogP contribution in [0.5, 0.6) is 5.75 Å². The Kier molecular flexibility index (Phi) is 5.49. The van der Waals surface area contributed by atoms with Crippen molar-refractivity contribution in [1.29, 1.82) is 0 Å². The molecule has 3 aromatic rings. The van der Waals surface area contributed by atoms with Crippen LogP contribution < -0.4 is 5.32 Å². The Hall–Kier alpha value is -2.92. The smallest absolute Gasteiger partial charge is 0.322 e. The number of carbonyl (C=O) groups is 1. The summed E-state index contributed by atoms with van der Waals surface area (Å²) in [7, 11) is 0. The van der Waals surface area contributed by atoms with Gasteiger partial charge in [-0.2, -0.15) is 0 Å². The number of aromatic hydroxyl groups is 1. The Bertz CT molecular complexity index is 894. The van der Waals surface area contributed by atoms with Crippen LogP contribution in [-0.4, -0.2) is 16.0 Å². The number of para-hydroxylation sites is 1. The number of carbonyl (C=O) groups excluding carboxylic acids is 1. The minimum absolute atomic E-state index is 0.142. The number of halogens is 1. The minimum atomic E-state index is -0.310. The van der Waals surface area contributed by atoms with Gasteiger partial charge in [0.25, 0.3) is 0 Å². The zero-order chi connectivity index (χ0) is 18.5. The van der Waals surface area contributed by atoms with Crippen molar-refractivity contribution in [1.82, 2.24) is 4.90 Å². The first kappa shape index (κ1) is 17.9. The Morgan fingerprint density at radius 3 is 2.65 bits per heavy atom. The standard InChI is InChI=1S/C20H19ClN2O3/c1-14-17(21)8-4-9-18(14)22-20(25)23(13-16-7-5-11-26-16)12-15-6-2-3-10-19(15)24/h2-11,24H,12-13H2,1H3,(H,22,25). The first-order valence-corrected chi connectivity index (χ1v) is 8.52. The van der Waals surface area contributed by atoms with Gasteiger partial charge in [0, 0.05) is 16.3 Å². The summed E-state index contributed by atoms with van der Waals surface area (Å²) in [5.74, 6) is 0.794. The van der Waals surface area contributed by atoms with E-state index in [1.807, 2.05) is 13.0 Å². The average molecular weight is 371 g/mol. The Balaban J connectivity index is 1.83. The van der Waals surface area contributed by atoms with Gasteiger partial charge in [0.1, 0.15) is 11.5 Å². The fourth-order valence-corrected chi connectivity index (χ4v) is 2.75. The maximum atomic E-state index is 12.9. The van der Waals surface area contributed by atoms with E-state index >= 15 is 0 Å². The molecule has 2 amide bonds. The van der Waals surface area contributed by atoms with Crippen LogP contribution in [0, 0.1) is 6.92 Å². The van der Waals surface area contributed by atoms with Crippen molar-refractivity contribution in [3.63, 3.8) is 0 Å². The lowest BCUT2D eigenvalue weighted by atomic mass is 10.2. The highest BCUT2D eigenvalue weighted by atomic mass is 35.5. The van der Waals surface area contributed by atoms with Crippen molar-refractivity contribution >= 4 is 23.3 Å². The van der Waals surface area contributed by atoms with Crippen molar-refractivity contribution in [2.24, 2.45) is 0 Å². The molecule has 3 rings (SSSR count). The summed E-state index contributed by atoms with van der Waals surface area (Å²) in [6.45, 7) is 2.35. The second kappa shape index (κ2) is 7.97. The zero-order valence-corrected chi connectivity index (χ0v) is 15.0. The van der Waals surface area contributed by atoms with Crippen LogP contribution in [0.25, 0.3) is 0 Å². The predicted molar refractivity (Wildman–Crippen MR) is 101 cm³/mol. The number of phenolic OH excluding ortho intramolecular Hbond substituents is 1. The second-order valence-corrected chi connectivity index (χ2v) is 6.31. The van der Waals surface area contributed by atoms with Crippen LogP contribution in [0.4, 0.5) is 10.5 Å². The Labute approximate surface area is 156 Å². The van der Waals surface area contributed by atoms with Crippen LogP contribution in [0.3, 0.4) is 0 Å². The van der Waals surface area contributed by atoms with Gasteiger partial charge in [0.05, 0.1) is 19.4 Å². The third kappa shape index (κ3) is 4.18. The number of furan rings is 1. The second-order valence-electron chi connectivity index (χ2n) is 5.91. The van der Waals surface area contributed by atoms with Crippen molar-refractivity contribution in [3.05, 3.63) is 82.8 Å². The van der Waals surface area contributed by atoms with Crippen LogP contribution in [-0.2, 0) is 13.1 Å². The maximum Gasteiger partial charge on any atom is 0.322 e. The van der Waals surface area contributed by atoms with Crippen LogP contribution in [0.1, 0.15) is 16.9 Å². The molecule has 1 heterocycles. The molecule has 0 atom stereocenters. The van der Waals surface area contributed by atoms with Gasteiger partial charge < -0.3 is 19.7 Å². The number of nitrogens with zero attached hydrogens (tertiary/aromatic N) is 1. The van der Waals surface area contributed by atoms with E-state index in [1.54, 1.807) is 59.7 Å². The average Bonchev–Trinajstić information content (AvgIpc) is 3.13. The van der Waals surface area contributed by atoms with Crippen molar-refractivity contribution in [3.8, 4) is 5.75 Å². The predicted octanol–water partition coefficient (Wildman–Crippen LogP) is 5.18. The molecule has 0 saturated carbocycles. The number of urea groups is 1. The normalized spacial score (nSPS) is 10.5. The fraction of sp³-hybridized carbons (Fsp3) is 0.150. The third-order valence-electron chi connectivity index (χ3n) is 4.08. The Morgan fingerprint density at radius 2 is 1.92 bits per heavy atom. The number of hydrogen-bond donors (Lipinski definition) is 2. The molecule has 0 radical (unpaired) electrons. The van der Waals surface area contributed by atoms with Gasteiger partial charge in [0.15, 0.2) is 0 Å². The Morgan fingerprint density at radius 1 is 1.12 bits per heavy atom. The summed E-state index contributed by atoms with van der Waals surface area (Å²) in [4.78, 5) is 14.4. The lowest BCUT2D eigenvalue weighted by Gasteiger charge is -2.23. The molecule has 0 aliphatic heterocycles. The van der Waals surface area contributed by atoms with E-state index in [2.05, 4.69) is 5.32 Å². The largest absolute Gasteiger partial charge is 0.508 e. The molecule has 0 bridgehead atoms. The topological polar surface area (TPSA) is 65.7 Å². The summed E-state index contributed by atoms with van der Waals surface area (Å²) in [5, 5.41) is 13.5. The quantitative estimate of drug-likeness (QED) is 0.650. The molecule has 1 aromatic heterocycles. The van der Waals surface area contributed by atoms with Crippen molar-refractivity contribution in [2.75, 3.05) is 5.32 Å². The van der Waals surface area contributed by atoms with Crippen molar-refractivity contribution < 1.29 is 14.3 Å².